The first-order valence-corrected chi connectivity index (χ1v) is 8.18. The molecule has 3 aromatic heterocycles. The summed E-state index contributed by atoms with van der Waals surface area (Å²) >= 11 is 5.23. The van der Waals surface area contributed by atoms with Gasteiger partial charge in [-0.2, -0.15) is 0 Å². The second-order valence-electron chi connectivity index (χ2n) is 4.36. The first kappa shape index (κ1) is 14.3. The van der Waals surface area contributed by atoms with Crippen LogP contribution in [0.15, 0.2) is 40.5 Å². The lowest BCUT2D eigenvalue weighted by molar-refractivity contribution is 0.696. The van der Waals surface area contributed by atoms with Crippen molar-refractivity contribution in [1.29, 1.82) is 0 Å². The number of nitrogens with zero attached hydrogens (tertiary/aromatic N) is 5. The summed E-state index contributed by atoms with van der Waals surface area (Å²) in [5.74, 6) is 1.39. The molecule has 0 radical (unpaired) electrons. The van der Waals surface area contributed by atoms with E-state index in [1.807, 2.05) is 16.7 Å². The number of aromatic nitrogens is 5. The van der Waals surface area contributed by atoms with Gasteiger partial charge in [0.25, 0.3) is 0 Å². The topological polar surface area (TPSA) is 82.5 Å². The largest absolute Gasteiger partial charge is 0.382 e. The maximum absolute atomic E-state index is 5.77. The van der Waals surface area contributed by atoms with Gasteiger partial charge in [0.1, 0.15) is 16.9 Å². The normalized spacial score (nSPS) is 11.1. The minimum atomic E-state index is 0.422. The fraction of sp³-hybridized carbons (Fsp3) is 0.231. The van der Waals surface area contributed by atoms with Gasteiger partial charge in [-0.1, -0.05) is 0 Å². The Bertz CT molecular complexity index is 759. The Labute approximate surface area is 134 Å². The molecule has 0 spiro atoms. The maximum Gasteiger partial charge on any atom is 0.165 e. The van der Waals surface area contributed by atoms with E-state index in [-0.39, 0.29) is 0 Å². The van der Waals surface area contributed by atoms with E-state index in [1.54, 1.807) is 24.3 Å². The lowest BCUT2D eigenvalue weighted by Crippen LogP contribution is -2.00. The molecule has 0 saturated carbocycles. The van der Waals surface area contributed by atoms with Crippen LogP contribution in [0.3, 0.4) is 0 Å². The lowest BCUT2D eigenvalue weighted by Gasteiger charge is -2.04. The van der Waals surface area contributed by atoms with E-state index in [1.165, 1.54) is 6.33 Å². The fourth-order valence-corrected chi connectivity index (χ4v) is 3.35. The van der Waals surface area contributed by atoms with Gasteiger partial charge in [-0.05, 0) is 34.5 Å². The van der Waals surface area contributed by atoms with Gasteiger partial charge in [0, 0.05) is 23.0 Å². The molecule has 0 aliphatic rings. The monoisotopic (exact) mass is 364 g/mol. The number of thioether (sulfide) groups is 1. The first-order valence-electron chi connectivity index (χ1n) is 6.40. The highest BCUT2D eigenvalue weighted by atomic mass is 79.9. The van der Waals surface area contributed by atoms with Crippen molar-refractivity contribution in [3.8, 4) is 0 Å². The van der Waals surface area contributed by atoms with E-state index >= 15 is 0 Å². The van der Waals surface area contributed by atoms with Crippen LogP contribution < -0.4 is 5.73 Å². The summed E-state index contributed by atoms with van der Waals surface area (Å²) in [6.07, 6.45) is 6.02. The molecule has 2 N–H and O–H groups in total. The molecule has 3 heterocycles. The van der Waals surface area contributed by atoms with Crippen molar-refractivity contribution >= 4 is 44.7 Å². The zero-order valence-corrected chi connectivity index (χ0v) is 13.5. The minimum Gasteiger partial charge on any atom is -0.382 e. The Kier molecular flexibility index (Phi) is 4.35. The van der Waals surface area contributed by atoms with Gasteiger partial charge in [-0.15, -0.1) is 11.8 Å². The van der Waals surface area contributed by atoms with Crippen molar-refractivity contribution in [3.63, 3.8) is 0 Å². The van der Waals surface area contributed by atoms with Gasteiger partial charge in [0.05, 0.1) is 6.33 Å². The molecule has 0 aliphatic carbocycles. The van der Waals surface area contributed by atoms with Crippen LogP contribution in [-0.4, -0.2) is 30.3 Å². The maximum atomic E-state index is 5.77. The summed E-state index contributed by atoms with van der Waals surface area (Å²) in [5.41, 5.74) is 7.22. The van der Waals surface area contributed by atoms with Gasteiger partial charge >= 0.3 is 0 Å². The highest BCUT2D eigenvalue weighted by molar-refractivity contribution is 9.10. The van der Waals surface area contributed by atoms with E-state index in [4.69, 9.17) is 5.73 Å². The number of nitrogen functional groups attached to an aromatic ring is 1. The molecular weight excluding hydrogens is 352 g/mol. The average Bonchev–Trinajstić information content (AvgIpc) is 2.90. The lowest BCUT2D eigenvalue weighted by atomic mass is 10.4. The molecular formula is C13H13BrN6S. The number of anilines is 1. The number of fused-ring (bicyclic) bond motifs is 1. The summed E-state index contributed by atoms with van der Waals surface area (Å²) < 4.78 is 3.03. The standard InChI is InChI=1S/C13H13BrN6S/c14-9-3-1-4-16-13(9)21-6-2-5-20-8-19-10-11(15)17-7-18-12(10)20/h1,3-4,7-8H,2,5-6H2,(H2,15,17,18). The molecule has 0 bridgehead atoms. The number of nitrogens with two attached hydrogens (primary N) is 1. The van der Waals surface area contributed by atoms with Crippen LogP contribution in [0.1, 0.15) is 6.42 Å². The summed E-state index contributed by atoms with van der Waals surface area (Å²) in [7, 11) is 0. The summed E-state index contributed by atoms with van der Waals surface area (Å²) in [4.78, 5) is 16.8. The molecule has 0 unspecified atom stereocenters. The molecule has 3 rings (SSSR count). The predicted molar refractivity (Wildman–Crippen MR) is 87.0 cm³/mol. The van der Waals surface area contributed by atoms with Crippen LogP contribution in [-0.2, 0) is 6.54 Å². The molecule has 0 amide bonds. The van der Waals surface area contributed by atoms with Crippen LogP contribution in [0, 0.1) is 0 Å². The molecule has 0 aliphatic heterocycles. The van der Waals surface area contributed by atoms with Crippen molar-refractivity contribution in [2.24, 2.45) is 0 Å². The Hall–Kier alpha value is -1.67. The number of pyridine rings is 1. The van der Waals surface area contributed by atoms with E-state index in [9.17, 15) is 0 Å². The molecule has 0 fully saturated rings. The highest BCUT2D eigenvalue weighted by Crippen LogP contribution is 2.25. The first-order chi connectivity index (χ1) is 10.3. The number of aryl methyl sites for hydroxylation is 1. The van der Waals surface area contributed by atoms with Crippen LogP contribution >= 0.6 is 27.7 Å². The third kappa shape index (κ3) is 3.16. The summed E-state index contributed by atoms with van der Waals surface area (Å²) in [6.45, 7) is 0.838. The number of imidazole rings is 1. The molecule has 3 aromatic rings. The fourth-order valence-electron chi connectivity index (χ4n) is 1.94. The summed E-state index contributed by atoms with van der Waals surface area (Å²) in [5, 5.41) is 1.01. The molecule has 108 valence electrons. The van der Waals surface area contributed by atoms with Crippen LogP contribution in [0.5, 0.6) is 0 Å². The Morgan fingerprint density at radius 1 is 1.24 bits per heavy atom. The van der Waals surface area contributed by atoms with Crippen molar-refractivity contribution in [1.82, 2.24) is 24.5 Å². The van der Waals surface area contributed by atoms with Gasteiger partial charge in [0.15, 0.2) is 11.5 Å². The second kappa shape index (κ2) is 6.40. The smallest absolute Gasteiger partial charge is 0.165 e. The number of hydrogen-bond donors (Lipinski definition) is 1. The quantitative estimate of drug-likeness (QED) is 0.553. The second-order valence-corrected chi connectivity index (χ2v) is 6.30. The van der Waals surface area contributed by atoms with E-state index in [2.05, 4.69) is 35.9 Å². The Balaban J connectivity index is 1.60. The van der Waals surface area contributed by atoms with Gasteiger partial charge in [0.2, 0.25) is 0 Å². The van der Waals surface area contributed by atoms with Gasteiger partial charge in [-0.25, -0.2) is 19.9 Å². The van der Waals surface area contributed by atoms with Crippen LogP contribution in [0.25, 0.3) is 11.2 Å². The highest BCUT2D eigenvalue weighted by Gasteiger charge is 2.07. The molecule has 6 nitrogen and oxygen atoms in total. The van der Waals surface area contributed by atoms with Crippen LogP contribution in [0.2, 0.25) is 0 Å². The van der Waals surface area contributed by atoms with Crippen molar-refractivity contribution < 1.29 is 0 Å². The van der Waals surface area contributed by atoms with Crippen LogP contribution in [0.4, 0.5) is 5.82 Å². The number of rotatable bonds is 5. The predicted octanol–water partition coefficient (Wildman–Crippen LogP) is 2.75. The third-order valence-corrected chi connectivity index (χ3v) is 4.93. The Morgan fingerprint density at radius 2 is 2.14 bits per heavy atom. The van der Waals surface area contributed by atoms with E-state index < -0.39 is 0 Å². The molecule has 0 atom stereocenters. The number of halogens is 1. The third-order valence-electron chi connectivity index (χ3n) is 2.94. The van der Waals surface area contributed by atoms with Gasteiger partial charge < -0.3 is 10.3 Å². The number of hydrogen-bond acceptors (Lipinski definition) is 6. The van der Waals surface area contributed by atoms with Crippen molar-refractivity contribution in [2.45, 2.75) is 18.0 Å². The van der Waals surface area contributed by atoms with E-state index in [0.717, 1.165) is 33.9 Å². The minimum absolute atomic E-state index is 0.422. The van der Waals surface area contributed by atoms with Crippen molar-refractivity contribution in [2.75, 3.05) is 11.5 Å². The van der Waals surface area contributed by atoms with Crippen molar-refractivity contribution in [3.05, 3.63) is 35.5 Å². The molecule has 21 heavy (non-hydrogen) atoms. The Morgan fingerprint density at radius 3 is 3.00 bits per heavy atom. The SMILES string of the molecule is Nc1ncnc2c1ncn2CCCSc1ncccc1Br. The zero-order valence-electron chi connectivity index (χ0n) is 11.1. The average molecular weight is 365 g/mol. The molecule has 0 aromatic carbocycles. The van der Waals surface area contributed by atoms with Gasteiger partial charge in [-0.3, -0.25) is 0 Å². The van der Waals surface area contributed by atoms with E-state index in [0.29, 0.717) is 11.3 Å². The molecule has 8 heteroatoms. The molecule has 0 saturated heterocycles. The zero-order chi connectivity index (χ0) is 14.7. The summed E-state index contributed by atoms with van der Waals surface area (Å²) in [6, 6.07) is 3.91.